The highest BCUT2D eigenvalue weighted by Crippen LogP contribution is 2.32. The molecule has 1 aromatic carbocycles. The van der Waals surface area contributed by atoms with Crippen molar-refractivity contribution in [2.75, 3.05) is 25.0 Å². The zero-order valence-electron chi connectivity index (χ0n) is 16.0. The normalized spacial score (nSPS) is 22.1. The second-order valence-corrected chi connectivity index (χ2v) is 7.77. The number of hydrogen-bond donors (Lipinski definition) is 2. The van der Waals surface area contributed by atoms with Crippen LogP contribution in [0.2, 0.25) is 0 Å². The van der Waals surface area contributed by atoms with Crippen molar-refractivity contribution in [2.45, 2.75) is 65.0 Å². The van der Waals surface area contributed by atoms with Gasteiger partial charge in [0.25, 0.3) is 0 Å². The van der Waals surface area contributed by atoms with Crippen LogP contribution >= 0.6 is 0 Å². The molecule has 1 fully saturated rings. The Morgan fingerprint density at radius 2 is 2.00 bits per heavy atom. The molecule has 0 aliphatic heterocycles. The van der Waals surface area contributed by atoms with E-state index in [9.17, 15) is 5.11 Å². The quantitative estimate of drug-likeness (QED) is 0.705. The van der Waals surface area contributed by atoms with Crippen molar-refractivity contribution < 1.29 is 5.11 Å². The van der Waals surface area contributed by atoms with Gasteiger partial charge in [-0.15, -0.1) is 0 Å². The highest BCUT2D eigenvalue weighted by Gasteiger charge is 2.27. The van der Waals surface area contributed by atoms with Crippen LogP contribution in [-0.2, 0) is 0 Å². The minimum Gasteiger partial charge on any atom is -0.387 e. The molecule has 0 heterocycles. The van der Waals surface area contributed by atoms with Crippen molar-refractivity contribution in [1.29, 1.82) is 0 Å². The molecule has 0 radical (unpaired) electrons. The smallest absolute Gasteiger partial charge is 0.0934 e. The van der Waals surface area contributed by atoms with Gasteiger partial charge in [0.1, 0.15) is 0 Å². The first-order valence-corrected chi connectivity index (χ1v) is 9.74. The third-order valence-electron chi connectivity index (χ3n) is 5.57. The molecule has 3 heteroatoms. The summed E-state index contributed by atoms with van der Waals surface area (Å²) in [4.78, 5) is 2.27. The van der Waals surface area contributed by atoms with Crippen LogP contribution in [0.3, 0.4) is 0 Å². The molecule has 0 aromatic heterocycles. The van der Waals surface area contributed by atoms with Crippen LogP contribution in [0.15, 0.2) is 24.3 Å². The molecule has 3 atom stereocenters. The van der Waals surface area contributed by atoms with Crippen molar-refractivity contribution in [3.63, 3.8) is 0 Å². The molecule has 2 rings (SSSR count). The van der Waals surface area contributed by atoms with Gasteiger partial charge in [0.15, 0.2) is 0 Å². The summed E-state index contributed by atoms with van der Waals surface area (Å²) in [6, 6.07) is 8.84. The van der Waals surface area contributed by atoms with Gasteiger partial charge in [0.05, 0.1) is 6.10 Å². The van der Waals surface area contributed by atoms with Crippen LogP contribution in [0, 0.1) is 11.8 Å². The predicted molar refractivity (Wildman–Crippen MR) is 104 cm³/mol. The average Bonchev–Trinajstić information content (AvgIpc) is 3.07. The Labute approximate surface area is 148 Å². The first-order chi connectivity index (χ1) is 11.5. The van der Waals surface area contributed by atoms with E-state index < -0.39 is 6.10 Å². The van der Waals surface area contributed by atoms with Crippen molar-refractivity contribution in [2.24, 2.45) is 11.8 Å². The summed E-state index contributed by atoms with van der Waals surface area (Å²) in [6.45, 7) is 8.54. The summed E-state index contributed by atoms with van der Waals surface area (Å²) >= 11 is 0. The molecule has 3 nitrogen and oxygen atoms in total. The molecule has 1 aliphatic carbocycles. The molecule has 1 aromatic rings. The number of nitrogens with zero attached hydrogens (tertiary/aromatic N) is 1. The molecule has 0 spiro atoms. The summed E-state index contributed by atoms with van der Waals surface area (Å²) in [5.41, 5.74) is 2.20. The summed E-state index contributed by atoms with van der Waals surface area (Å²) in [5.74, 6) is 1.61. The van der Waals surface area contributed by atoms with Crippen molar-refractivity contribution >= 4 is 5.69 Å². The molecule has 0 bridgehead atoms. The number of para-hydroxylation sites is 1. The number of benzene rings is 1. The van der Waals surface area contributed by atoms with E-state index in [1.54, 1.807) is 0 Å². The Hall–Kier alpha value is -1.06. The van der Waals surface area contributed by atoms with Gasteiger partial charge in [0.2, 0.25) is 0 Å². The third kappa shape index (κ3) is 5.22. The van der Waals surface area contributed by atoms with Gasteiger partial charge >= 0.3 is 0 Å². The molecule has 3 unspecified atom stereocenters. The molecule has 1 aliphatic rings. The zero-order valence-corrected chi connectivity index (χ0v) is 16.0. The lowest BCUT2D eigenvalue weighted by atomic mass is 9.94. The Morgan fingerprint density at radius 3 is 2.67 bits per heavy atom. The van der Waals surface area contributed by atoms with E-state index in [0.717, 1.165) is 29.6 Å². The molecule has 24 heavy (non-hydrogen) atoms. The summed E-state index contributed by atoms with van der Waals surface area (Å²) in [5, 5.41) is 14.3. The van der Waals surface area contributed by atoms with Crippen molar-refractivity contribution in [1.82, 2.24) is 5.32 Å². The Kier molecular flexibility index (Phi) is 7.57. The summed E-state index contributed by atoms with van der Waals surface area (Å²) in [7, 11) is 2.12. The van der Waals surface area contributed by atoms with Crippen LogP contribution in [0.4, 0.5) is 5.69 Å². The second-order valence-electron chi connectivity index (χ2n) is 7.77. The maximum atomic E-state index is 10.7. The lowest BCUT2D eigenvalue weighted by Gasteiger charge is -2.25. The van der Waals surface area contributed by atoms with Crippen molar-refractivity contribution in [3.05, 3.63) is 29.8 Å². The van der Waals surface area contributed by atoms with Gasteiger partial charge in [-0.3, -0.25) is 0 Å². The van der Waals surface area contributed by atoms with Crippen LogP contribution in [0.5, 0.6) is 0 Å². The summed E-state index contributed by atoms with van der Waals surface area (Å²) in [6.07, 6.45) is 5.74. The maximum Gasteiger partial charge on any atom is 0.0934 e. The minimum atomic E-state index is -0.441. The number of nitrogens with one attached hydrogen (secondary N) is 1. The highest BCUT2D eigenvalue weighted by molar-refractivity contribution is 5.54. The van der Waals surface area contributed by atoms with E-state index in [0.29, 0.717) is 12.6 Å². The highest BCUT2D eigenvalue weighted by atomic mass is 16.3. The van der Waals surface area contributed by atoms with Gasteiger partial charge in [-0.2, -0.15) is 0 Å². The lowest BCUT2D eigenvalue weighted by Crippen LogP contribution is -2.31. The molecule has 0 amide bonds. The third-order valence-corrected chi connectivity index (χ3v) is 5.57. The largest absolute Gasteiger partial charge is 0.387 e. The number of aliphatic hydroxyl groups excluding tert-OH is 1. The molecule has 0 saturated heterocycles. The fraction of sp³-hybridized carbons (Fsp3) is 0.714. The maximum absolute atomic E-state index is 10.7. The number of unbranched alkanes of at least 4 members (excludes halogenated alkanes) is 1. The molecule has 136 valence electrons. The molecule has 1 saturated carbocycles. The minimum absolute atomic E-state index is 0.441. The van der Waals surface area contributed by atoms with E-state index >= 15 is 0 Å². The van der Waals surface area contributed by atoms with Gasteiger partial charge in [-0.1, -0.05) is 45.4 Å². The van der Waals surface area contributed by atoms with Crippen LogP contribution < -0.4 is 10.2 Å². The predicted octanol–water partition coefficient (Wildman–Crippen LogP) is 4.37. The van der Waals surface area contributed by atoms with Crippen LogP contribution in [0.1, 0.15) is 64.5 Å². The summed E-state index contributed by atoms with van der Waals surface area (Å²) < 4.78 is 0. The van der Waals surface area contributed by atoms with E-state index in [1.165, 1.54) is 32.1 Å². The first kappa shape index (κ1) is 19.3. The van der Waals surface area contributed by atoms with Crippen LogP contribution in [0.25, 0.3) is 0 Å². The fourth-order valence-corrected chi connectivity index (χ4v) is 3.83. The average molecular weight is 333 g/mol. The first-order valence-electron chi connectivity index (χ1n) is 9.74. The number of aliphatic hydroxyl groups is 1. The fourth-order valence-electron chi connectivity index (χ4n) is 3.83. The van der Waals surface area contributed by atoms with Gasteiger partial charge < -0.3 is 15.3 Å². The molecular weight excluding hydrogens is 296 g/mol. The standard InChI is InChI=1S/C21H36N2O/c1-5-6-13-23(4)20-10-8-7-9-19(20)21(24)15-22-18-12-11-17(14-18)16(2)3/h7-10,16-18,21-22,24H,5-6,11-15H2,1-4H3. The topological polar surface area (TPSA) is 35.5 Å². The van der Waals surface area contributed by atoms with Gasteiger partial charge in [0, 0.05) is 37.4 Å². The van der Waals surface area contributed by atoms with Gasteiger partial charge in [-0.05, 0) is 43.6 Å². The second kappa shape index (κ2) is 9.43. The monoisotopic (exact) mass is 332 g/mol. The number of rotatable bonds is 9. The van der Waals surface area contributed by atoms with E-state index in [4.69, 9.17) is 0 Å². The van der Waals surface area contributed by atoms with Gasteiger partial charge in [-0.25, -0.2) is 0 Å². The Balaban J connectivity index is 1.91. The van der Waals surface area contributed by atoms with Crippen molar-refractivity contribution in [3.8, 4) is 0 Å². The SMILES string of the molecule is CCCCN(C)c1ccccc1C(O)CNC1CCC(C(C)C)C1. The number of hydrogen-bond acceptors (Lipinski definition) is 3. The van der Waals surface area contributed by atoms with E-state index in [1.807, 2.05) is 6.07 Å². The Morgan fingerprint density at radius 1 is 1.25 bits per heavy atom. The zero-order chi connectivity index (χ0) is 17.5. The molecule has 2 N–H and O–H groups in total. The lowest BCUT2D eigenvalue weighted by molar-refractivity contribution is 0.169. The molecular formula is C21H36N2O. The number of anilines is 1. The van der Waals surface area contributed by atoms with E-state index in [2.05, 4.69) is 56.2 Å². The van der Waals surface area contributed by atoms with E-state index in [-0.39, 0.29) is 0 Å². The van der Waals surface area contributed by atoms with Crippen LogP contribution in [-0.4, -0.2) is 31.3 Å². The Bertz CT molecular complexity index is 488.